The zero-order chi connectivity index (χ0) is 12.9. The fraction of sp³-hybridized carbons (Fsp3) is 0.385. The predicted molar refractivity (Wildman–Crippen MR) is 69.9 cm³/mol. The lowest BCUT2D eigenvalue weighted by Gasteiger charge is -2.21. The number of para-hydroxylation sites is 1. The quantitative estimate of drug-likeness (QED) is 0.476. The molecule has 0 amide bonds. The van der Waals surface area contributed by atoms with Crippen LogP contribution in [0.15, 0.2) is 29.4 Å². The molecule has 0 radical (unpaired) electrons. The lowest BCUT2D eigenvalue weighted by Crippen LogP contribution is -2.11. The first kappa shape index (κ1) is 13.1. The highest BCUT2D eigenvalue weighted by molar-refractivity contribution is 5.60. The lowest BCUT2D eigenvalue weighted by molar-refractivity contribution is 0.445. The van der Waals surface area contributed by atoms with Gasteiger partial charge in [0.25, 0.3) is 0 Å². The molecule has 0 aliphatic heterocycles. The molecule has 0 aliphatic rings. The highest BCUT2D eigenvalue weighted by Crippen LogP contribution is 2.33. The Morgan fingerprint density at radius 1 is 1.41 bits per heavy atom. The molecule has 0 saturated heterocycles. The van der Waals surface area contributed by atoms with E-state index in [4.69, 9.17) is 5.53 Å². The first-order valence-electron chi connectivity index (χ1n) is 5.46. The van der Waals surface area contributed by atoms with Crippen molar-refractivity contribution in [3.63, 3.8) is 0 Å². The molecule has 0 saturated carbocycles. The van der Waals surface area contributed by atoms with E-state index in [2.05, 4.69) is 30.8 Å². The van der Waals surface area contributed by atoms with Gasteiger partial charge in [0, 0.05) is 17.0 Å². The second-order valence-electron chi connectivity index (χ2n) is 4.81. The summed E-state index contributed by atoms with van der Waals surface area (Å²) < 4.78 is 0. The lowest BCUT2D eigenvalue weighted by atomic mass is 9.85. The number of nitrogens with zero attached hydrogens (tertiary/aromatic N) is 3. The minimum absolute atomic E-state index is 0.0985. The van der Waals surface area contributed by atoms with Gasteiger partial charge in [-0.3, -0.25) is 0 Å². The molecule has 4 nitrogen and oxygen atoms in total. The van der Waals surface area contributed by atoms with Crippen LogP contribution < -0.4 is 0 Å². The molecule has 1 rings (SSSR count). The molecule has 0 unspecified atom stereocenters. The van der Waals surface area contributed by atoms with E-state index in [0.29, 0.717) is 0 Å². The Morgan fingerprint density at radius 3 is 2.71 bits per heavy atom. The molecular formula is C13H17N3O. The standard InChI is InChI=1S/C13H17N3O/c1-13(2,3)11-8-4-6-10(12(11)17)7-5-9-15-16-14/h4-8,17H,9H2,1-3H3. The van der Waals surface area contributed by atoms with Crippen molar-refractivity contribution in [3.05, 3.63) is 45.8 Å². The third-order valence-electron chi connectivity index (χ3n) is 2.42. The smallest absolute Gasteiger partial charge is 0.126 e. The monoisotopic (exact) mass is 231 g/mol. The zero-order valence-electron chi connectivity index (χ0n) is 10.4. The van der Waals surface area contributed by atoms with E-state index in [0.717, 1.165) is 11.1 Å². The number of azide groups is 1. The Kier molecular flexibility index (Phi) is 4.18. The van der Waals surface area contributed by atoms with E-state index in [1.165, 1.54) is 0 Å². The fourth-order valence-electron chi connectivity index (χ4n) is 1.56. The number of hydrogen-bond acceptors (Lipinski definition) is 2. The topological polar surface area (TPSA) is 69.0 Å². The highest BCUT2D eigenvalue weighted by Gasteiger charge is 2.18. The number of phenolic OH excluding ortho intramolecular Hbond substituents is 1. The zero-order valence-corrected chi connectivity index (χ0v) is 10.4. The average molecular weight is 231 g/mol. The van der Waals surface area contributed by atoms with Gasteiger partial charge in [-0.05, 0) is 16.5 Å². The van der Waals surface area contributed by atoms with Crippen molar-refractivity contribution in [2.24, 2.45) is 5.11 Å². The van der Waals surface area contributed by atoms with Crippen molar-refractivity contribution in [2.45, 2.75) is 26.2 Å². The molecule has 90 valence electrons. The molecule has 0 spiro atoms. The normalized spacial score (nSPS) is 11.5. The number of benzene rings is 1. The summed E-state index contributed by atoms with van der Waals surface area (Å²) in [7, 11) is 0. The third kappa shape index (κ3) is 3.54. The Labute approximate surface area is 101 Å². The summed E-state index contributed by atoms with van der Waals surface area (Å²) in [5.41, 5.74) is 9.69. The van der Waals surface area contributed by atoms with Crippen LogP contribution in [0.3, 0.4) is 0 Å². The molecule has 1 aromatic rings. The molecule has 1 aromatic carbocycles. The minimum atomic E-state index is -0.0985. The molecule has 17 heavy (non-hydrogen) atoms. The van der Waals surface area contributed by atoms with Crippen LogP contribution in [0.1, 0.15) is 31.9 Å². The second kappa shape index (κ2) is 5.41. The fourth-order valence-corrected chi connectivity index (χ4v) is 1.56. The van der Waals surface area contributed by atoms with Gasteiger partial charge in [0.15, 0.2) is 0 Å². The summed E-state index contributed by atoms with van der Waals surface area (Å²) in [5.74, 6) is 0.289. The van der Waals surface area contributed by atoms with Crippen LogP contribution in [0.4, 0.5) is 0 Å². The Balaban J connectivity index is 3.03. The molecule has 0 fully saturated rings. The SMILES string of the molecule is CC(C)(C)c1cccc(C=CCN=[N+]=[N-])c1O. The number of hydrogen-bond donors (Lipinski definition) is 1. The van der Waals surface area contributed by atoms with Crippen LogP contribution in [0.5, 0.6) is 5.75 Å². The summed E-state index contributed by atoms with van der Waals surface area (Å²) in [4.78, 5) is 2.66. The Morgan fingerprint density at radius 2 is 2.12 bits per heavy atom. The number of rotatable bonds is 3. The van der Waals surface area contributed by atoms with Crippen molar-refractivity contribution in [1.82, 2.24) is 0 Å². The van der Waals surface area contributed by atoms with Crippen LogP contribution in [0.2, 0.25) is 0 Å². The molecule has 1 N–H and O–H groups in total. The Bertz CT molecular complexity index is 466. The summed E-state index contributed by atoms with van der Waals surface area (Å²) in [6, 6.07) is 5.66. The summed E-state index contributed by atoms with van der Waals surface area (Å²) >= 11 is 0. The second-order valence-corrected chi connectivity index (χ2v) is 4.81. The molecule has 4 heteroatoms. The molecule has 0 atom stereocenters. The largest absolute Gasteiger partial charge is 0.507 e. The van der Waals surface area contributed by atoms with Crippen LogP contribution in [0, 0.1) is 0 Å². The van der Waals surface area contributed by atoms with Gasteiger partial charge in [0.05, 0.1) is 0 Å². The van der Waals surface area contributed by atoms with Crippen LogP contribution in [-0.2, 0) is 5.41 Å². The molecule has 0 heterocycles. The molecular weight excluding hydrogens is 214 g/mol. The average Bonchev–Trinajstić information content (AvgIpc) is 2.25. The van der Waals surface area contributed by atoms with Gasteiger partial charge in [-0.25, -0.2) is 0 Å². The summed E-state index contributed by atoms with van der Waals surface area (Å²) in [6.45, 7) is 6.44. The van der Waals surface area contributed by atoms with Gasteiger partial charge >= 0.3 is 0 Å². The first-order chi connectivity index (χ1) is 7.96. The van der Waals surface area contributed by atoms with Gasteiger partial charge in [0.2, 0.25) is 0 Å². The maximum absolute atomic E-state index is 10.1. The summed E-state index contributed by atoms with van der Waals surface area (Å²) in [6.07, 6.45) is 3.49. The van der Waals surface area contributed by atoms with Crippen molar-refractivity contribution in [2.75, 3.05) is 6.54 Å². The summed E-state index contributed by atoms with van der Waals surface area (Å²) in [5, 5.41) is 13.5. The maximum atomic E-state index is 10.1. The van der Waals surface area contributed by atoms with E-state index >= 15 is 0 Å². The van der Waals surface area contributed by atoms with Crippen LogP contribution >= 0.6 is 0 Å². The molecule has 0 aromatic heterocycles. The van der Waals surface area contributed by atoms with E-state index < -0.39 is 0 Å². The maximum Gasteiger partial charge on any atom is 0.126 e. The van der Waals surface area contributed by atoms with Gasteiger partial charge in [-0.1, -0.05) is 56.2 Å². The van der Waals surface area contributed by atoms with E-state index in [1.807, 2.05) is 18.2 Å². The number of phenols is 1. The van der Waals surface area contributed by atoms with Crippen LogP contribution in [-0.4, -0.2) is 11.7 Å². The first-order valence-corrected chi connectivity index (χ1v) is 5.46. The Hall–Kier alpha value is -1.93. The van der Waals surface area contributed by atoms with Gasteiger partial charge < -0.3 is 5.11 Å². The van der Waals surface area contributed by atoms with Gasteiger partial charge in [-0.15, -0.1) is 0 Å². The van der Waals surface area contributed by atoms with Crippen molar-refractivity contribution < 1.29 is 5.11 Å². The van der Waals surface area contributed by atoms with Crippen molar-refractivity contribution in [3.8, 4) is 5.75 Å². The van der Waals surface area contributed by atoms with E-state index in [9.17, 15) is 5.11 Å². The van der Waals surface area contributed by atoms with Crippen molar-refractivity contribution >= 4 is 6.08 Å². The third-order valence-corrected chi connectivity index (χ3v) is 2.42. The van der Waals surface area contributed by atoms with Gasteiger partial charge in [0.1, 0.15) is 5.75 Å². The minimum Gasteiger partial charge on any atom is -0.507 e. The number of aromatic hydroxyl groups is 1. The van der Waals surface area contributed by atoms with Crippen LogP contribution in [0.25, 0.3) is 16.5 Å². The van der Waals surface area contributed by atoms with Crippen molar-refractivity contribution in [1.29, 1.82) is 0 Å². The molecule has 0 bridgehead atoms. The van der Waals surface area contributed by atoms with Gasteiger partial charge in [-0.2, -0.15) is 0 Å². The highest BCUT2D eigenvalue weighted by atomic mass is 16.3. The van der Waals surface area contributed by atoms with E-state index in [-0.39, 0.29) is 17.7 Å². The molecule has 0 aliphatic carbocycles. The predicted octanol–water partition coefficient (Wildman–Crippen LogP) is 4.01. The van der Waals surface area contributed by atoms with E-state index in [1.54, 1.807) is 12.2 Å².